The van der Waals surface area contributed by atoms with Crippen LogP contribution in [0.25, 0.3) is 0 Å². The first-order chi connectivity index (χ1) is 38.6. The molecule has 9 heteroatoms. The Morgan fingerprint density at radius 2 is 0.722 bits per heavy atom. The van der Waals surface area contributed by atoms with Crippen molar-refractivity contribution in [3.63, 3.8) is 0 Å². The van der Waals surface area contributed by atoms with Crippen LogP contribution in [0.15, 0.2) is 85.1 Å². The van der Waals surface area contributed by atoms with E-state index in [0.717, 1.165) is 77.0 Å². The largest absolute Gasteiger partial charge is 0.545 e. The molecule has 0 aromatic carbocycles. The molecule has 79 heavy (non-hydrogen) atoms. The molecule has 0 aliphatic heterocycles. The molecule has 0 N–H and O–H groups in total. The predicted molar refractivity (Wildman–Crippen MR) is 334 cm³/mol. The van der Waals surface area contributed by atoms with Gasteiger partial charge in [0.2, 0.25) is 0 Å². The van der Waals surface area contributed by atoms with Crippen molar-refractivity contribution in [3.05, 3.63) is 85.1 Å². The van der Waals surface area contributed by atoms with Gasteiger partial charge in [0.25, 0.3) is 0 Å². The first-order valence-corrected chi connectivity index (χ1v) is 32.7. The van der Waals surface area contributed by atoms with E-state index in [-0.39, 0.29) is 32.2 Å². The molecule has 0 aromatic rings. The van der Waals surface area contributed by atoms with Gasteiger partial charge in [-0.25, -0.2) is 0 Å². The predicted octanol–water partition coefficient (Wildman–Crippen LogP) is 18.6. The van der Waals surface area contributed by atoms with Crippen LogP contribution in [-0.2, 0) is 33.3 Å². The number of hydrogen-bond donors (Lipinski definition) is 0. The molecule has 0 rings (SSSR count). The second-order valence-corrected chi connectivity index (χ2v) is 23.0. The van der Waals surface area contributed by atoms with E-state index in [9.17, 15) is 19.5 Å². The number of aliphatic carboxylic acids is 1. The molecule has 0 radical (unpaired) electrons. The van der Waals surface area contributed by atoms with E-state index in [2.05, 4.69) is 98.9 Å². The van der Waals surface area contributed by atoms with Crippen LogP contribution in [0.5, 0.6) is 0 Å². The van der Waals surface area contributed by atoms with Crippen LogP contribution >= 0.6 is 0 Å². The fourth-order valence-electron chi connectivity index (χ4n) is 9.17. The molecule has 0 aliphatic carbocycles. The van der Waals surface area contributed by atoms with E-state index in [0.29, 0.717) is 23.9 Å². The number of carboxylic acid groups (broad SMARTS) is 1. The third-order valence-corrected chi connectivity index (χ3v) is 14.2. The quantitative estimate of drug-likeness (QED) is 0.0195. The van der Waals surface area contributed by atoms with Crippen molar-refractivity contribution in [1.29, 1.82) is 0 Å². The zero-order valence-electron chi connectivity index (χ0n) is 52.0. The van der Waals surface area contributed by atoms with Crippen molar-refractivity contribution >= 4 is 17.9 Å². The molecule has 2 atom stereocenters. The monoisotopic (exact) mass is 1110 g/mol. The Morgan fingerprint density at radius 1 is 0.392 bits per heavy atom. The van der Waals surface area contributed by atoms with Crippen LogP contribution in [0.4, 0.5) is 0 Å². The molecular formula is C70H123NO8. The summed E-state index contributed by atoms with van der Waals surface area (Å²) in [5, 5.41) is 11.8. The zero-order valence-corrected chi connectivity index (χ0v) is 52.0. The average Bonchev–Trinajstić information content (AvgIpc) is 3.42. The number of quaternary nitrogens is 1. The highest BCUT2D eigenvalue weighted by molar-refractivity contribution is 5.70. The van der Waals surface area contributed by atoms with Gasteiger partial charge in [-0.3, -0.25) is 9.59 Å². The van der Waals surface area contributed by atoms with Gasteiger partial charge in [0.05, 0.1) is 40.3 Å². The highest BCUT2D eigenvalue weighted by atomic mass is 16.7. The van der Waals surface area contributed by atoms with Crippen molar-refractivity contribution < 1.29 is 42.9 Å². The summed E-state index contributed by atoms with van der Waals surface area (Å²) in [5.74, 6) is -2.27. The summed E-state index contributed by atoms with van der Waals surface area (Å²) in [6, 6.07) is 0. The molecule has 0 amide bonds. The van der Waals surface area contributed by atoms with Crippen LogP contribution in [0.2, 0.25) is 0 Å². The number of likely N-dealkylation sites (N-methyl/N-ethyl adjacent to an activating group) is 1. The maximum atomic E-state index is 12.9. The Hall–Kier alpha value is -3.53. The Morgan fingerprint density at radius 3 is 1.08 bits per heavy atom. The number of ether oxygens (including phenoxy) is 4. The highest BCUT2D eigenvalue weighted by Gasteiger charge is 2.22. The minimum absolute atomic E-state index is 0.148. The molecule has 0 aromatic heterocycles. The molecule has 456 valence electrons. The number of nitrogens with zero attached hydrogens (tertiary/aromatic N) is 1. The van der Waals surface area contributed by atoms with E-state index in [1.165, 1.54) is 173 Å². The minimum atomic E-state index is -1.62. The number of carbonyl (C=O) groups excluding carboxylic acids is 3. The molecule has 0 saturated carbocycles. The van der Waals surface area contributed by atoms with Gasteiger partial charge in [0, 0.05) is 12.8 Å². The van der Waals surface area contributed by atoms with Crippen molar-refractivity contribution in [2.75, 3.05) is 47.5 Å². The number of unbranched alkanes of at least 4 members (excludes halogenated alkanes) is 31. The topological polar surface area (TPSA) is 111 Å². The van der Waals surface area contributed by atoms with E-state index in [1.807, 2.05) is 21.1 Å². The number of carbonyl (C=O) groups is 3. The molecule has 2 unspecified atom stereocenters. The average molecular weight is 1110 g/mol. The van der Waals surface area contributed by atoms with Crippen molar-refractivity contribution in [1.82, 2.24) is 0 Å². The summed E-state index contributed by atoms with van der Waals surface area (Å²) in [7, 11) is 5.93. The lowest BCUT2D eigenvalue weighted by Crippen LogP contribution is -2.44. The van der Waals surface area contributed by atoms with Gasteiger partial charge < -0.3 is 33.3 Å². The standard InChI is InChI=1S/C70H123NO8/c1-6-8-10-12-14-16-18-20-22-23-24-25-26-27-28-29-30-31-32-33-34-35-36-37-38-39-40-41-42-43-44-45-47-49-51-53-55-57-59-61-68(73)79-66(65-78-70(69(74)75)76-63-62-71(3,4)5)64-77-67(72)60-58-56-54-52-50-48-46-21-19-17-15-13-11-9-7-2/h8,10,14,16,20,22,24-25,27-28,30-31,33-34,66,70H,6-7,9,11-13,15,17-19,21,23,26,29,32,35-65H2,1-5H3/b10-8-,16-14-,22-20-,25-24-,28-27-,31-30-,34-33-. The lowest BCUT2D eigenvalue weighted by atomic mass is 10.0. The first-order valence-electron chi connectivity index (χ1n) is 32.7. The molecule has 0 spiro atoms. The number of hydrogen-bond acceptors (Lipinski definition) is 8. The van der Waals surface area contributed by atoms with Crippen LogP contribution in [0.3, 0.4) is 0 Å². The van der Waals surface area contributed by atoms with Gasteiger partial charge in [-0.15, -0.1) is 0 Å². The molecule has 0 aliphatic rings. The van der Waals surface area contributed by atoms with Crippen LogP contribution in [0, 0.1) is 0 Å². The summed E-state index contributed by atoms with van der Waals surface area (Å²) in [4.78, 5) is 37.3. The fourth-order valence-corrected chi connectivity index (χ4v) is 9.17. The smallest absolute Gasteiger partial charge is 0.306 e. The Bertz CT molecular complexity index is 1570. The second kappa shape index (κ2) is 60.6. The Balaban J connectivity index is 4.03. The molecular weight excluding hydrogens is 983 g/mol. The second-order valence-electron chi connectivity index (χ2n) is 23.0. The third-order valence-electron chi connectivity index (χ3n) is 14.2. The minimum Gasteiger partial charge on any atom is -0.545 e. The normalized spacial score (nSPS) is 13.3. The van der Waals surface area contributed by atoms with E-state index < -0.39 is 24.3 Å². The number of carboxylic acids is 1. The Labute approximate surface area is 487 Å². The third kappa shape index (κ3) is 61.9. The van der Waals surface area contributed by atoms with Crippen LogP contribution in [0.1, 0.15) is 284 Å². The number of allylic oxidation sites excluding steroid dienone is 14. The summed E-state index contributed by atoms with van der Waals surface area (Å²) in [6.07, 6.45) is 78.0. The van der Waals surface area contributed by atoms with Gasteiger partial charge in [-0.05, 0) is 70.6 Å². The molecule has 0 fully saturated rings. The van der Waals surface area contributed by atoms with Gasteiger partial charge in [-0.1, -0.05) is 285 Å². The lowest BCUT2D eigenvalue weighted by Gasteiger charge is -2.26. The summed E-state index contributed by atoms with van der Waals surface area (Å²) >= 11 is 0. The first kappa shape index (κ1) is 75.5. The van der Waals surface area contributed by atoms with Crippen LogP contribution < -0.4 is 5.11 Å². The highest BCUT2D eigenvalue weighted by Crippen LogP contribution is 2.17. The van der Waals surface area contributed by atoms with E-state index >= 15 is 0 Å². The summed E-state index contributed by atoms with van der Waals surface area (Å²) in [5.41, 5.74) is 0. The molecule has 9 nitrogen and oxygen atoms in total. The number of rotatable bonds is 60. The van der Waals surface area contributed by atoms with E-state index in [1.54, 1.807) is 0 Å². The van der Waals surface area contributed by atoms with Gasteiger partial charge in [-0.2, -0.15) is 0 Å². The number of esters is 2. The summed E-state index contributed by atoms with van der Waals surface area (Å²) < 4.78 is 22.7. The Kier molecular flexibility index (Phi) is 57.9. The maximum Gasteiger partial charge on any atom is 0.306 e. The fraction of sp³-hybridized carbons (Fsp3) is 0.757. The molecule has 0 saturated heterocycles. The van der Waals surface area contributed by atoms with Crippen molar-refractivity contribution in [3.8, 4) is 0 Å². The lowest BCUT2D eigenvalue weighted by molar-refractivity contribution is -0.870. The van der Waals surface area contributed by atoms with Crippen LogP contribution in [-0.4, -0.2) is 82.3 Å². The van der Waals surface area contributed by atoms with E-state index in [4.69, 9.17) is 18.9 Å². The molecule has 0 heterocycles. The SMILES string of the molecule is CC/C=C\C/C=C\C/C=C\C/C=C\C/C=C\C/C=C\C/C=C\CCCCCCCCCCCCCCCCCCCC(=O)OC(COC(=O)CCCCCCCCCCCCCCCCC)COC(OCC[N+](C)(C)C)C(=O)[O-]. The van der Waals surface area contributed by atoms with Crippen molar-refractivity contribution in [2.24, 2.45) is 0 Å². The van der Waals surface area contributed by atoms with Gasteiger partial charge >= 0.3 is 11.9 Å². The maximum absolute atomic E-state index is 12.9. The van der Waals surface area contributed by atoms with Gasteiger partial charge in [0.1, 0.15) is 13.2 Å². The molecule has 0 bridgehead atoms. The zero-order chi connectivity index (χ0) is 57.6. The van der Waals surface area contributed by atoms with Crippen molar-refractivity contribution in [2.45, 2.75) is 296 Å². The summed E-state index contributed by atoms with van der Waals surface area (Å²) in [6.45, 7) is 4.66. The van der Waals surface area contributed by atoms with Gasteiger partial charge in [0.15, 0.2) is 12.4 Å².